The van der Waals surface area contributed by atoms with E-state index >= 15 is 0 Å². The van der Waals surface area contributed by atoms with Crippen molar-refractivity contribution >= 4 is 11.9 Å². The minimum atomic E-state index is -0.671. The summed E-state index contributed by atoms with van der Waals surface area (Å²) in [5.74, 6) is -0.0548. The van der Waals surface area contributed by atoms with Crippen LogP contribution in [0.2, 0.25) is 0 Å². The van der Waals surface area contributed by atoms with Gasteiger partial charge in [-0.2, -0.15) is 0 Å². The number of hydrogen-bond donors (Lipinski definition) is 3. The summed E-state index contributed by atoms with van der Waals surface area (Å²) in [7, 11) is 0. The molecule has 0 aromatic heterocycles. The van der Waals surface area contributed by atoms with Gasteiger partial charge in [0.1, 0.15) is 0 Å². The minimum Gasteiger partial charge on any atom is -0.466 e. The maximum absolute atomic E-state index is 12.4. The average molecular weight is 822 g/mol. The smallest absolute Gasteiger partial charge is 0.305 e. The Morgan fingerprint density at radius 1 is 0.414 bits per heavy atom. The fraction of sp³-hybridized carbons (Fsp3) is 0.962. The maximum atomic E-state index is 12.4. The highest BCUT2D eigenvalue weighted by molar-refractivity contribution is 5.76. The first kappa shape index (κ1) is 56.9. The molecule has 0 radical (unpaired) electrons. The molecular formula is C52H103NO5. The van der Waals surface area contributed by atoms with E-state index in [0.29, 0.717) is 25.9 Å². The van der Waals surface area contributed by atoms with Gasteiger partial charge in [-0.3, -0.25) is 9.59 Å². The van der Waals surface area contributed by atoms with Crippen molar-refractivity contribution in [3.05, 3.63) is 0 Å². The lowest BCUT2D eigenvalue weighted by atomic mass is 10.0. The number of hydrogen-bond acceptors (Lipinski definition) is 5. The van der Waals surface area contributed by atoms with E-state index in [9.17, 15) is 19.8 Å². The van der Waals surface area contributed by atoms with Gasteiger partial charge >= 0.3 is 5.97 Å². The first-order valence-electron chi connectivity index (χ1n) is 26.3. The lowest BCUT2D eigenvalue weighted by molar-refractivity contribution is -0.143. The molecule has 0 aromatic rings. The fourth-order valence-corrected chi connectivity index (χ4v) is 8.35. The van der Waals surface area contributed by atoms with Crippen LogP contribution in [0.5, 0.6) is 0 Å². The number of carbonyl (C=O) groups excluding carboxylic acids is 2. The molecule has 2 atom stereocenters. The van der Waals surface area contributed by atoms with Crippen LogP contribution in [0.15, 0.2) is 0 Å². The highest BCUT2D eigenvalue weighted by atomic mass is 16.5. The van der Waals surface area contributed by atoms with Crippen molar-refractivity contribution in [3.63, 3.8) is 0 Å². The first-order valence-corrected chi connectivity index (χ1v) is 26.3. The number of aliphatic hydroxyl groups is 2. The molecule has 346 valence electrons. The summed E-state index contributed by atoms with van der Waals surface area (Å²) < 4.78 is 5.48. The van der Waals surface area contributed by atoms with E-state index < -0.39 is 12.1 Å². The summed E-state index contributed by atoms with van der Waals surface area (Å²) in [6.07, 6.45) is 53.6. The van der Waals surface area contributed by atoms with Crippen LogP contribution in [0.1, 0.15) is 296 Å². The fourth-order valence-electron chi connectivity index (χ4n) is 8.35. The topological polar surface area (TPSA) is 95.9 Å². The number of unbranched alkanes of at least 4 members (excludes halogenated alkanes) is 38. The Bertz CT molecular complexity index is 822. The Kier molecular flexibility index (Phi) is 47.6. The van der Waals surface area contributed by atoms with Gasteiger partial charge in [-0.15, -0.1) is 0 Å². The number of ether oxygens (including phenoxy) is 1. The van der Waals surface area contributed by atoms with Crippen LogP contribution in [-0.2, 0) is 14.3 Å². The summed E-state index contributed by atoms with van der Waals surface area (Å²) >= 11 is 0. The zero-order valence-electron chi connectivity index (χ0n) is 39.3. The third kappa shape index (κ3) is 44.4. The van der Waals surface area contributed by atoms with Gasteiger partial charge in [0, 0.05) is 12.8 Å². The van der Waals surface area contributed by atoms with Crippen molar-refractivity contribution in [1.29, 1.82) is 0 Å². The second-order valence-corrected chi connectivity index (χ2v) is 18.2. The summed E-state index contributed by atoms with van der Waals surface area (Å²) in [5.41, 5.74) is 0. The van der Waals surface area contributed by atoms with Crippen LogP contribution in [0, 0.1) is 0 Å². The third-order valence-corrected chi connectivity index (χ3v) is 12.4. The quantitative estimate of drug-likeness (QED) is 0.0420. The van der Waals surface area contributed by atoms with E-state index in [2.05, 4.69) is 19.2 Å². The average Bonchev–Trinajstić information content (AvgIpc) is 3.22. The van der Waals surface area contributed by atoms with Gasteiger partial charge in [0.25, 0.3) is 0 Å². The van der Waals surface area contributed by atoms with Gasteiger partial charge in [0.05, 0.1) is 25.4 Å². The summed E-state index contributed by atoms with van der Waals surface area (Å²) in [6, 6.07) is -0.549. The molecule has 0 aliphatic heterocycles. The van der Waals surface area contributed by atoms with E-state index in [1.807, 2.05) is 0 Å². The maximum Gasteiger partial charge on any atom is 0.305 e. The molecule has 0 rings (SSSR count). The molecule has 0 fully saturated rings. The number of aliphatic hydroxyl groups excluding tert-OH is 2. The third-order valence-electron chi connectivity index (χ3n) is 12.4. The Morgan fingerprint density at radius 3 is 1.05 bits per heavy atom. The Balaban J connectivity index is 3.39. The standard InChI is InChI=1S/C52H103NO5/c1-3-5-7-9-11-13-15-16-17-18-19-20-21-22-26-30-34-38-42-46-52(57)58-47-43-39-35-31-27-24-23-25-29-33-37-41-45-51(56)53-49(48-54)50(55)44-40-36-32-28-14-12-10-8-6-4-2/h49-50,54-55H,3-48H2,1-2H3,(H,53,56). The molecule has 0 saturated heterocycles. The molecule has 6 heteroatoms. The number of esters is 1. The van der Waals surface area contributed by atoms with Crippen LogP contribution in [0.4, 0.5) is 0 Å². The van der Waals surface area contributed by atoms with Crippen molar-refractivity contribution in [2.75, 3.05) is 13.2 Å². The molecule has 0 aromatic carbocycles. The molecule has 0 heterocycles. The highest BCUT2D eigenvalue weighted by Gasteiger charge is 2.20. The predicted molar refractivity (Wildman–Crippen MR) is 250 cm³/mol. The molecule has 6 nitrogen and oxygen atoms in total. The zero-order valence-corrected chi connectivity index (χ0v) is 39.3. The molecule has 0 saturated carbocycles. The van der Waals surface area contributed by atoms with Crippen molar-refractivity contribution in [3.8, 4) is 0 Å². The highest BCUT2D eigenvalue weighted by Crippen LogP contribution is 2.17. The van der Waals surface area contributed by atoms with Crippen molar-refractivity contribution in [2.24, 2.45) is 0 Å². The minimum absolute atomic E-state index is 0.00423. The lowest BCUT2D eigenvalue weighted by Gasteiger charge is -2.22. The Morgan fingerprint density at radius 2 is 0.707 bits per heavy atom. The molecule has 0 bridgehead atoms. The molecule has 3 N–H and O–H groups in total. The second kappa shape index (κ2) is 48.5. The Labute approximate surface area is 362 Å². The summed E-state index contributed by atoms with van der Waals surface area (Å²) in [4.78, 5) is 24.5. The number of amides is 1. The SMILES string of the molecule is CCCCCCCCCCCCCCCCCCCCCC(=O)OCCCCCCCCCCCCCCC(=O)NC(CO)C(O)CCCCCCCCCCCC. The molecule has 0 aliphatic carbocycles. The number of nitrogens with one attached hydrogen (secondary N) is 1. The van der Waals surface area contributed by atoms with E-state index in [4.69, 9.17) is 4.74 Å². The summed E-state index contributed by atoms with van der Waals surface area (Å²) in [5, 5.41) is 23.1. The van der Waals surface area contributed by atoms with Crippen LogP contribution in [0.25, 0.3) is 0 Å². The largest absolute Gasteiger partial charge is 0.466 e. The summed E-state index contributed by atoms with van der Waals surface area (Å²) in [6.45, 7) is 4.92. The van der Waals surface area contributed by atoms with Gasteiger partial charge in [0.2, 0.25) is 5.91 Å². The van der Waals surface area contributed by atoms with Gasteiger partial charge in [0.15, 0.2) is 0 Å². The van der Waals surface area contributed by atoms with E-state index in [1.165, 1.54) is 205 Å². The van der Waals surface area contributed by atoms with E-state index in [0.717, 1.165) is 57.8 Å². The van der Waals surface area contributed by atoms with Crippen LogP contribution in [-0.4, -0.2) is 47.4 Å². The van der Waals surface area contributed by atoms with Crippen molar-refractivity contribution in [1.82, 2.24) is 5.32 Å². The first-order chi connectivity index (χ1) is 28.5. The molecular weight excluding hydrogens is 719 g/mol. The molecule has 0 aliphatic rings. The van der Waals surface area contributed by atoms with Gasteiger partial charge < -0.3 is 20.3 Å². The van der Waals surface area contributed by atoms with Crippen LogP contribution >= 0.6 is 0 Å². The second-order valence-electron chi connectivity index (χ2n) is 18.2. The van der Waals surface area contributed by atoms with Crippen LogP contribution in [0.3, 0.4) is 0 Å². The Hall–Kier alpha value is -1.14. The monoisotopic (exact) mass is 822 g/mol. The molecule has 2 unspecified atom stereocenters. The normalized spacial score (nSPS) is 12.6. The van der Waals surface area contributed by atoms with Gasteiger partial charge in [-0.05, 0) is 25.7 Å². The molecule has 1 amide bonds. The van der Waals surface area contributed by atoms with Gasteiger partial charge in [-0.25, -0.2) is 0 Å². The van der Waals surface area contributed by atoms with Crippen molar-refractivity contribution in [2.45, 2.75) is 309 Å². The van der Waals surface area contributed by atoms with E-state index in [-0.39, 0.29) is 18.5 Å². The number of rotatable bonds is 49. The lowest BCUT2D eigenvalue weighted by Crippen LogP contribution is -2.45. The number of carbonyl (C=O) groups is 2. The van der Waals surface area contributed by atoms with E-state index in [1.54, 1.807) is 0 Å². The predicted octanol–water partition coefficient (Wildman–Crippen LogP) is 15.6. The zero-order chi connectivity index (χ0) is 42.3. The molecule has 58 heavy (non-hydrogen) atoms. The van der Waals surface area contributed by atoms with Crippen molar-refractivity contribution < 1.29 is 24.5 Å². The van der Waals surface area contributed by atoms with Crippen LogP contribution < -0.4 is 5.32 Å². The van der Waals surface area contributed by atoms with Gasteiger partial charge in [-0.1, -0.05) is 258 Å². The molecule has 0 spiro atoms.